The molecular weight excluding hydrogens is 452 g/mol. The zero-order valence-corrected chi connectivity index (χ0v) is 22.4. The predicted octanol–water partition coefficient (Wildman–Crippen LogP) is 8.26. The third-order valence-electron chi connectivity index (χ3n) is 5.56. The number of hydrogen-bond acceptors (Lipinski definition) is 4. The fourth-order valence-corrected chi connectivity index (χ4v) is 5.16. The van der Waals surface area contributed by atoms with E-state index in [2.05, 4.69) is 36.4 Å². The minimum Gasteiger partial charge on any atom is -0.481 e. The molecule has 1 unspecified atom stereocenters. The highest BCUT2D eigenvalue weighted by atomic mass is 32.1. The molecule has 0 aliphatic carbocycles. The van der Waals surface area contributed by atoms with Crippen molar-refractivity contribution in [2.75, 3.05) is 0 Å². The fourth-order valence-electron chi connectivity index (χ4n) is 3.25. The molecule has 6 heteroatoms. The van der Waals surface area contributed by atoms with E-state index >= 15 is 0 Å². The van der Waals surface area contributed by atoms with E-state index in [4.69, 9.17) is 5.11 Å². The lowest BCUT2D eigenvalue weighted by Crippen LogP contribution is -2.23. The van der Waals surface area contributed by atoms with Crippen LogP contribution >= 0.6 is 22.7 Å². The van der Waals surface area contributed by atoms with E-state index in [1.807, 2.05) is 13.8 Å². The van der Waals surface area contributed by atoms with Gasteiger partial charge in [-0.1, -0.05) is 33.6 Å². The van der Waals surface area contributed by atoms with Gasteiger partial charge in [-0.05, 0) is 88.8 Å². The molecule has 0 amide bonds. The minimum atomic E-state index is -0.722. The Morgan fingerprint density at radius 2 is 1.36 bits per heavy atom. The number of carboxylic acid groups (broad SMARTS) is 2. The summed E-state index contributed by atoms with van der Waals surface area (Å²) in [5, 5.41) is 18.1. The zero-order chi connectivity index (χ0) is 24.9. The van der Waals surface area contributed by atoms with E-state index in [0.717, 1.165) is 44.9 Å². The van der Waals surface area contributed by atoms with Gasteiger partial charge in [-0.3, -0.25) is 9.59 Å². The fraction of sp³-hybridized carbons (Fsp3) is 0.556. The second-order valence-electron chi connectivity index (χ2n) is 8.82. The first-order valence-corrected chi connectivity index (χ1v) is 13.6. The molecule has 2 heterocycles. The molecule has 0 aliphatic rings. The first-order chi connectivity index (χ1) is 15.7. The smallest absolute Gasteiger partial charge is 0.309 e. The van der Waals surface area contributed by atoms with E-state index in [1.54, 1.807) is 43.4 Å². The minimum absolute atomic E-state index is 0.255. The summed E-state index contributed by atoms with van der Waals surface area (Å²) in [4.78, 5) is 27.2. The number of unbranched alkanes of at least 4 members (excludes halogenated alkanes) is 2. The Hall–Kier alpha value is -1.92. The highest BCUT2D eigenvalue weighted by molar-refractivity contribution is 7.13. The van der Waals surface area contributed by atoms with Crippen molar-refractivity contribution < 1.29 is 19.8 Å². The molecule has 0 aromatic carbocycles. The average Bonchev–Trinajstić information content (AvgIpc) is 3.43. The Morgan fingerprint density at radius 1 is 0.879 bits per heavy atom. The summed E-state index contributed by atoms with van der Waals surface area (Å²) >= 11 is 3.60. The van der Waals surface area contributed by atoms with E-state index in [0.29, 0.717) is 6.42 Å². The van der Waals surface area contributed by atoms with Crippen LogP contribution in [-0.2, 0) is 22.4 Å². The van der Waals surface area contributed by atoms with Gasteiger partial charge in [0.1, 0.15) is 0 Å². The summed E-state index contributed by atoms with van der Waals surface area (Å²) in [6.07, 6.45) is 11.7. The number of thiophene rings is 2. The predicted molar refractivity (Wildman–Crippen MR) is 142 cm³/mol. The number of rotatable bonds is 14. The monoisotopic (exact) mass is 492 g/mol. The van der Waals surface area contributed by atoms with Crippen LogP contribution in [0.1, 0.15) is 92.7 Å². The van der Waals surface area contributed by atoms with Gasteiger partial charge >= 0.3 is 11.9 Å². The van der Waals surface area contributed by atoms with Gasteiger partial charge in [-0.2, -0.15) is 0 Å². The number of carbonyl (C=O) groups is 2. The largest absolute Gasteiger partial charge is 0.481 e. The molecule has 4 nitrogen and oxygen atoms in total. The molecule has 2 rings (SSSR count). The molecule has 0 radical (unpaired) electrons. The average molecular weight is 493 g/mol. The topological polar surface area (TPSA) is 74.6 Å². The van der Waals surface area contributed by atoms with Crippen molar-refractivity contribution in [3.63, 3.8) is 0 Å². The van der Waals surface area contributed by atoms with Gasteiger partial charge in [0.2, 0.25) is 0 Å². The van der Waals surface area contributed by atoms with Crippen LogP contribution < -0.4 is 0 Å². The molecule has 33 heavy (non-hydrogen) atoms. The summed E-state index contributed by atoms with van der Waals surface area (Å²) in [5.41, 5.74) is -0.639. The van der Waals surface area contributed by atoms with Crippen molar-refractivity contribution in [1.82, 2.24) is 0 Å². The van der Waals surface area contributed by atoms with Crippen LogP contribution in [0, 0.1) is 11.3 Å². The summed E-state index contributed by atoms with van der Waals surface area (Å²) < 4.78 is 0. The standard InChI is InChI=1S/C25H34O4S2.C2H6/c1-18(23(26)27)8-4-5-9-19-11-13-21(30-19)15-16-22-14-12-20(31-22)10-6-7-17-25(2,3)24(28)29;1-2/h11-16,18H,4-10,17H2,1-3H3,(H,26,27)(H,28,29);1-2H3/b16-15-;. The number of carboxylic acids is 2. The molecule has 1 atom stereocenters. The van der Waals surface area contributed by atoms with Gasteiger partial charge in [0, 0.05) is 19.5 Å². The normalized spacial score (nSPS) is 12.4. The maximum atomic E-state index is 11.2. The van der Waals surface area contributed by atoms with Crippen molar-refractivity contribution in [2.45, 2.75) is 86.0 Å². The molecule has 0 aliphatic heterocycles. The zero-order valence-electron chi connectivity index (χ0n) is 20.7. The molecule has 0 saturated heterocycles. The molecule has 2 aromatic heterocycles. The van der Waals surface area contributed by atoms with Crippen LogP contribution in [0.3, 0.4) is 0 Å². The lowest BCUT2D eigenvalue weighted by Gasteiger charge is -2.18. The number of aryl methyl sites for hydroxylation is 2. The number of aliphatic carboxylic acids is 2. The van der Waals surface area contributed by atoms with E-state index in [1.165, 1.54) is 19.5 Å². The number of hydrogen-bond donors (Lipinski definition) is 2. The highest BCUT2D eigenvalue weighted by Crippen LogP contribution is 2.27. The van der Waals surface area contributed by atoms with Crippen LogP contribution in [0.5, 0.6) is 0 Å². The SMILES string of the molecule is CC.CC(CCCCc1ccc(/C=C\c2ccc(CCCCC(C)(C)C(=O)O)s2)s1)C(=O)O. The molecule has 0 fully saturated rings. The lowest BCUT2D eigenvalue weighted by atomic mass is 9.87. The lowest BCUT2D eigenvalue weighted by molar-refractivity contribution is -0.147. The first-order valence-electron chi connectivity index (χ1n) is 12.0. The van der Waals surface area contributed by atoms with Crippen molar-refractivity contribution in [3.8, 4) is 0 Å². The van der Waals surface area contributed by atoms with Gasteiger partial charge in [0.25, 0.3) is 0 Å². The molecular formula is C27H40O4S2. The van der Waals surface area contributed by atoms with Gasteiger partial charge in [0.15, 0.2) is 0 Å². The first kappa shape index (κ1) is 29.1. The van der Waals surface area contributed by atoms with Crippen molar-refractivity contribution in [1.29, 1.82) is 0 Å². The molecule has 2 aromatic rings. The Balaban J connectivity index is 0.00000265. The maximum Gasteiger partial charge on any atom is 0.309 e. The summed E-state index contributed by atoms with van der Waals surface area (Å²) in [5.74, 6) is -1.68. The molecule has 184 valence electrons. The molecule has 0 spiro atoms. The highest BCUT2D eigenvalue weighted by Gasteiger charge is 2.25. The third-order valence-corrected chi connectivity index (χ3v) is 7.78. The second-order valence-corrected chi connectivity index (χ2v) is 11.2. The molecule has 2 N–H and O–H groups in total. The summed E-state index contributed by atoms with van der Waals surface area (Å²) in [6.45, 7) is 9.35. The van der Waals surface area contributed by atoms with Gasteiger partial charge < -0.3 is 10.2 Å². The Labute approximate surface area is 207 Å². The van der Waals surface area contributed by atoms with Crippen LogP contribution in [0.2, 0.25) is 0 Å². The van der Waals surface area contributed by atoms with Crippen LogP contribution in [-0.4, -0.2) is 22.2 Å². The molecule has 0 bridgehead atoms. The summed E-state index contributed by atoms with van der Waals surface area (Å²) in [6, 6.07) is 8.64. The van der Waals surface area contributed by atoms with Gasteiger partial charge in [0.05, 0.1) is 11.3 Å². The Morgan fingerprint density at radius 3 is 1.82 bits per heavy atom. The Kier molecular flexibility index (Phi) is 13.3. The Bertz CT molecular complexity index is 876. The third kappa shape index (κ3) is 11.2. The van der Waals surface area contributed by atoms with E-state index < -0.39 is 17.4 Å². The van der Waals surface area contributed by atoms with Crippen LogP contribution in [0.4, 0.5) is 0 Å². The summed E-state index contributed by atoms with van der Waals surface area (Å²) in [7, 11) is 0. The quantitative estimate of drug-likeness (QED) is 0.260. The maximum absolute atomic E-state index is 11.2. The second kappa shape index (κ2) is 15.1. The van der Waals surface area contributed by atoms with E-state index in [9.17, 15) is 14.7 Å². The van der Waals surface area contributed by atoms with Gasteiger partial charge in [-0.15, -0.1) is 22.7 Å². The van der Waals surface area contributed by atoms with Crippen molar-refractivity contribution in [2.24, 2.45) is 11.3 Å². The molecule has 0 saturated carbocycles. The van der Waals surface area contributed by atoms with E-state index in [-0.39, 0.29) is 5.92 Å². The van der Waals surface area contributed by atoms with Crippen molar-refractivity contribution in [3.05, 3.63) is 43.8 Å². The van der Waals surface area contributed by atoms with Crippen LogP contribution in [0.25, 0.3) is 12.2 Å². The van der Waals surface area contributed by atoms with Crippen molar-refractivity contribution >= 4 is 46.8 Å². The van der Waals surface area contributed by atoms with Crippen LogP contribution in [0.15, 0.2) is 24.3 Å². The van der Waals surface area contributed by atoms with Gasteiger partial charge in [-0.25, -0.2) is 0 Å².